The Morgan fingerprint density at radius 3 is 2.44 bits per heavy atom. The number of carboxylic acid groups (broad SMARTS) is 1. The van der Waals surface area contributed by atoms with E-state index in [-0.39, 0.29) is 0 Å². The Kier molecular flexibility index (Phi) is 3.26. The van der Waals surface area contributed by atoms with Crippen molar-refractivity contribution >= 4 is 12.1 Å². The average molecular weight is 227 g/mol. The number of nitrogens with one attached hydrogen (secondary N) is 1. The lowest BCUT2D eigenvalue weighted by Gasteiger charge is -2.36. The Hall–Kier alpha value is -1.52. The first-order valence-electron chi connectivity index (χ1n) is 5.10. The van der Waals surface area contributed by atoms with Crippen molar-refractivity contribution in [2.45, 2.75) is 38.8 Å². The predicted octanol–water partition coefficient (Wildman–Crippen LogP) is 1.54. The van der Waals surface area contributed by atoms with Crippen LogP contribution in [-0.4, -0.2) is 28.8 Å². The van der Waals surface area contributed by atoms with Crippen molar-refractivity contribution in [1.29, 1.82) is 0 Å². The molecule has 2 N–H and O–H groups in total. The van der Waals surface area contributed by atoms with Crippen LogP contribution < -0.4 is 5.32 Å². The second-order valence-corrected chi connectivity index (χ2v) is 4.93. The fourth-order valence-corrected chi connectivity index (χ4v) is 1.52. The molecule has 5 nitrogen and oxygen atoms in total. The van der Waals surface area contributed by atoms with E-state index in [0.717, 1.165) is 5.57 Å². The number of carbonyl (C=O) groups excluding carboxylic acids is 1. The van der Waals surface area contributed by atoms with Gasteiger partial charge in [-0.2, -0.15) is 0 Å². The second kappa shape index (κ2) is 4.15. The number of carboxylic acids is 1. The van der Waals surface area contributed by atoms with Gasteiger partial charge in [-0.05, 0) is 27.2 Å². The van der Waals surface area contributed by atoms with Crippen LogP contribution in [0, 0.1) is 5.92 Å². The minimum absolute atomic E-state index is 0.412. The lowest BCUT2D eigenvalue weighted by molar-refractivity contribution is -0.144. The van der Waals surface area contributed by atoms with Gasteiger partial charge < -0.3 is 15.2 Å². The fourth-order valence-electron chi connectivity index (χ4n) is 1.52. The summed E-state index contributed by atoms with van der Waals surface area (Å²) in [5.74, 6) is -1.51. The number of amides is 1. The highest BCUT2D eigenvalue weighted by Gasteiger charge is 2.41. The quantitative estimate of drug-likeness (QED) is 0.701. The highest BCUT2D eigenvalue weighted by Crippen LogP contribution is 2.32. The molecule has 1 saturated carbocycles. The fraction of sp³-hybridized carbons (Fsp3) is 0.636. The van der Waals surface area contributed by atoms with E-state index in [9.17, 15) is 9.59 Å². The van der Waals surface area contributed by atoms with Crippen LogP contribution in [0.3, 0.4) is 0 Å². The van der Waals surface area contributed by atoms with Crippen molar-refractivity contribution in [3.05, 3.63) is 12.2 Å². The Labute approximate surface area is 94.5 Å². The van der Waals surface area contributed by atoms with Gasteiger partial charge in [0.15, 0.2) is 0 Å². The molecule has 0 spiro atoms. The van der Waals surface area contributed by atoms with Crippen LogP contribution in [0.1, 0.15) is 27.2 Å². The van der Waals surface area contributed by atoms with Gasteiger partial charge in [-0.25, -0.2) is 4.79 Å². The Bertz CT molecular complexity index is 329. The van der Waals surface area contributed by atoms with Crippen molar-refractivity contribution in [2.24, 2.45) is 5.92 Å². The molecule has 1 aliphatic rings. The van der Waals surface area contributed by atoms with E-state index >= 15 is 0 Å². The summed E-state index contributed by atoms with van der Waals surface area (Å²) in [7, 11) is 0. The molecule has 90 valence electrons. The van der Waals surface area contributed by atoms with Crippen LogP contribution in [0.2, 0.25) is 0 Å². The van der Waals surface area contributed by atoms with Crippen LogP contribution in [-0.2, 0) is 9.53 Å². The van der Waals surface area contributed by atoms with E-state index in [1.807, 2.05) is 0 Å². The molecule has 0 aliphatic heterocycles. The lowest BCUT2D eigenvalue weighted by atomic mass is 9.75. The number of carbonyl (C=O) groups is 2. The topological polar surface area (TPSA) is 75.6 Å². The third-order valence-electron chi connectivity index (χ3n) is 2.31. The van der Waals surface area contributed by atoms with Gasteiger partial charge in [0, 0.05) is 0 Å². The maximum Gasteiger partial charge on any atom is 0.408 e. The summed E-state index contributed by atoms with van der Waals surface area (Å²) in [6.45, 7) is 8.93. The monoisotopic (exact) mass is 227 g/mol. The van der Waals surface area contributed by atoms with Crippen molar-refractivity contribution in [3.63, 3.8) is 0 Å². The first-order chi connectivity index (χ1) is 7.20. The van der Waals surface area contributed by atoms with E-state index in [4.69, 9.17) is 9.84 Å². The molecule has 0 radical (unpaired) electrons. The van der Waals surface area contributed by atoms with Gasteiger partial charge in [-0.15, -0.1) is 0 Å². The number of hydrogen-bond donors (Lipinski definition) is 2. The lowest BCUT2D eigenvalue weighted by Crippen LogP contribution is -2.52. The van der Waals surface area contributed by atoms with Gasteiger partial charge in [-0.3, -0.25) is 4.79 Å². The van der Waals surface area contributed by atoms with E-state index in [2.05, 4.69) is 11.9 Å². The van der Waals surface area contributed by atoms with E-state index in [1.165, 1.54) is 0 Å². The molecule has 0 saturated heterocycles. The van der Waals surface area contributed by atoms with Crippen LogP contribution in [0.4, 0.5) is 4.79 Å². The molecule has 2 atom stereocenters. The van der Waals surface area contributed by atoms with Gasteiger partial charge >= 0.3 is 12.1 Å². The molecule has 5 heteroatoms. The smallest absolute Gasteiger partial charge is 0.408 e. The summed E-state index contributed by atoms with van der Waals surface area (Å²) >= 11 is 0. The number of rotatable bonds is 2. The van der Waals surface area contributed by atoms with Crippen molar-refractivity contribution in [3.8, 4) is 0 Å². The summed E-state index contributed by atoms with van der Waals surface area (Å²) in [5.41, 5.74) is 0.131. The molecule has 0 aromatic rings. The summed E-state index contributed by atoms with van der Waals surface area (Å²) in [6.07, 6.45) is -0.194. The van der Waals surface area contributed by atoms with Crippen molar-refractivity contribution in [1.82, 2.24) is 5.32 Å². The molecule has 16 heavy (non-hydrogen) atoms. The molecule has 0 aromatic carbocycles. The SMILES string of the molecule is C=C1C[C@H](C(=O)O)[C@@H]1NC(=O)OC(C)(C)C. The maximum atomic E-state index is 11.4. The normalized spacial score (nSPS) is 24.6. The standard InChI is InChI=1S/C11H17NO4/c1-6-5-7(9(13)14)8(6)12-10(15)16-11(2,3)4/h7-8H,1,5H2,2-4H3,(H,12,15)(H,13,14)/t7-,8+/m0/s1. The van der Waals surface area contributed by atoms with Gasteiger partial charge in [0.1, 0.15) is 5.60 Å². The minimum Gasteiger partial charge on any atom is -0.481 e. The zero-order valence-electron chi connectivity index (χ0n) is 9.74. The minimum atomic E-state index is -0.923. The van der Waals surface area contributed by atoms with Gasteiger partial charge in [0.25, 0.3) is 0 Å². The van der Waals surface area contributed by atoms with Gasteiger partial charge in [0.05, 0.1) is 12.0 Å². The van der Waals surface area contributed by atoms with Crippen molar-refractivity contribution < 1.29 is 19.4 Å². The summed E-state index contributed by atoms with van der Waals surface area (Å²) in [5, 5.41) is 11.3. The molecule has 1 rings (SSSR count). The zero-order valence-corrected chi connectivity index (χ0v) is 9.74. The maximum absolute atomic E-state index is 11.4. The predicted molar refractivity (Wildman–Crippen MR) is 58.0 cm³/mol. The summed E-state index contributed by atoms with van der Waals surface area (Å²) < 4.78 is 5.04. The van der Waals surface area contributed by atoms with Crippen LogP contribution >= 0.6 is 0 Å². The molecule has 1 aliphatic carbocycles. The largest absolute Gasteiger partial charge is 0.481 e. The molecular formula is C11H17NO4. The third kappa shape index (κ3) is 2.98. The first-order valence-corrected chi connectivity index (χ1v) is 5.10. The molecule has 1 amide bonds. The van der Waals surface area contributed by atoms with Gasteiger partial charge in [0.2, 0.25) is 0 Å². The molecule has 0 heterocycles. The average Bonchev–Trinajstić information content (AvgIpc) is 2.07. The first kappa shape index (κ1) is 12.5. The Balaban J connectivity index is 2.51. The summed E-state index contributed by atoms with van der Waals surface area (Å²) in [4.78, 5) is 22.2. The molecule has 0 bridgehead atoms. The summed E-state index contributed by atoms with van der Waals surface area (Å²) in [6, 6.07) is -0.507. The van der Waals surface area contributed by atoms with Crippen molar-refractivity contribution in [2.75, 3.05) is 0 Å². The van der Waals surface area contributed by atoms with E-state index in [0.29, 0.717) is 6.42 Å². The van der Waals surface area contributed by atoms with Crippen LogP contribution in [0.15, 0.2) is 12.2 Å². The van der Waals surface area contributed by atoms with Gasteiger partial charge in [-0.1, -0.05) is 12.2 Å². The number of hydrogen-bond acceptors (Lipinski definition) is 3. The number of ether oxygens (including phenoxy) is 1. The van der Waals surface area contributed by atoms with E-state index in [1.54, 1.807) is 20.8 Å². The molecule has 1 fully saturated rings. The van der Waals surface area contributed by atoms with Crippen LogP contribution in [0.5, 0.6) is 0 Å². The number of aliphatic carboxylic acids is 1. The second-order valence-electron chi connectivity index (χ2n) is 4.93. The molecule has 0 unspecified atom stereocenters. The highest BCUT2D eigenvalue weighted by atomic mass is 16.6. The highest BCUT2D eigenvalue weighted by molar-refractivity contribution is 5.77. The zero-order chi connectivity index (χ0) is 12.5. The molecule has 0 aromatic heterocycles. The Morgan fingerprint density at radius 1 is 1.50 bits per heavy atom. The Morgan fingerprint density at radius 2 is 2.06 bits per heavy atom. The third-order valence-corrected chi connectivity index (χ3v) is 2.31. The molecular weight excluding hydrogens is 210 g/mol. The number of alkyl carbamates (subject to hydrolysis) is 1. The van der Waals surface area contributed by atoms with E-state index < -0.39 is 29.6 Å². The van der Waals surface area contributed by atoms with Crippen LogP contribution in [0.25, 0.3) is 0 Å².